The molecule has 27 heavy (non-hydrogen) atoms. The van der Waals surface area contributed by atoms with Crippen LogP contribution in [0.2, 0.25) is 0 Å². The van der Waals surface area contributed by atoms with Gasteiger partial charge < -0.3 is 4.90 Å². The van der Waals surface area contributed by atoms with Crippen molar-refractivity contribution in [2.24, 2.45) is 4.99 Å². The fourth-order valence-corrected chi connectivity index (χ4v) is 6.22. The maximum absolute atomic E-state index is 5.86. The second-order valence-corrected chi connectivity index (χ2v) is 8.78. The van der Waals surface area contributed by atoms with E-state index in [1.807, 2.05) is 11.8 Å². The molecule has 0 aromatic heterocycles. The van der Waals surface area contributed by atoms with Gasteiger partial charge in [-0.2, -0.15) is 0 Å². The standard InChI is InChI=1S/C24H20N2S/c1-2-15-14-21-22(18-9-4-3-8-17(15)18)25-20-13-16-7-5-11-26-12-6-10-19(23(16)26)24(20)27-21/h1,3-4,8-9,13-15H,5-7,10-12H2. The number of aliphatic imine (C=N–C) groups is 1. The molecule has 1 unspecified atom stereocenters. The number of hydrogen-bond acceptors (Lipinski definition) is 3. The summed E-state index contributed by atoms with van der Waals surface area (Å²) in [7, 11) is 0. The minimum absolute atomic E-state index is 0.0367. The van der Waals surface area contributed by atoms with Crippen LogP contribution in [0.15, 0.2) is 51.2 Å². The van der Waals surface area contributed by atoms with E-state index in [1.165, 1.54) is 82.2 Å². The molecular weight excluding hydrogens is 348 g/mol. The molecule has 132 valence electrons. The van der Waals surface area contributed by atoms with Crippen molar-refractivity contribution in [1.29, 1.82) is 0 Å². The first-order valence-electron chi connectivity index (χ1n) is 9.81. The van der Waals surface area contributed by atoms with Crippen LogP contribution in [0.1, 0.15) is 41.0 Å². The maximum Gasteiger partial charge on any atom is 0.0849 e. The van der Waals surface area contributed by atoms with E-state index >= 15 is 0 Å². The molecule has 1 atom stereocenters. The van der Waals surface area contributed by atoms with Crippen LogP contribution in [0.5, 0.6) is 0 Å². The smallest absolute Gasteiger partial charge is 0.0849 e. The van der Waals surface area contributed by atoms with Gasteiger partial charge in [0, 0.05) is 34.1 Å². The molecule has 2 nitrogen and oxygen atoms in total. The molecule has 4 aliphatic rings. The molecule has 0 spiro atoms. The van der Waals surface area contributed by atoms with Gasteiger partial charge in [0.2, 0.25) is 0 Å². The molecule has 0 bridgehead atoms. The quantitative estimate of drug-likeness (QED) is 0.592. The first kappa shape index (κ1) is 15.6. The van der Waals surface area contributed by atoms with Crippen molar-refractivity contribution >= 4 is 28.8 Å². The van der Waals surface area contributed by atoms with E-state index in [0.29, 0.717) is 0 Å². The molecule has 0 fully saturated rings. The van der Waals surface area contributed by atoms with Gasteiger partial charge in [-0.25, -0.2) is 4.99 Å². The Bertz CT molecular complexity index is 1080. The fraction of sp³-hybridized carbons (Fsp3) is 0.292. The number of anilines is 1. The zero-order chi connectivity index (χ0) is 18.0. The number of allylic oxidation sites excluding steroid dienone is 2. The van der Waals surface area contributed by atoms with Gasteiger partial charge in [0.1, 0.15) is 0 Å². The molecule has 3 heterocycles. The number of thioether (sulfide) groups is 1. The molecule has 0 N–H and O–H groups in total. The van der Waals surface area contributed by atoms with E-state index < -0.39 is 0 Å². The van der Waals surface area contributed by atoms with Crippen molar-refractivity contribution in [2.75, 3.05) is 18.0 Å². The lowest BCUT2D eigenvalue weighted by Gasteiger charge is -2.39. The summed E-state index contributed by atoms with van der Waals surface area (Å²) < 4.78 is 0. The molecule has 2 aromatic carbocycles. The molecule has 0 saturated heterocycles. The zero-order valence-corrected chi connectivity index (χ0v) is 16.0. The lowest BCUT2D eigenvalue weighted by atomic mass is 9.86. The monoisotopic (exact) mass is 368 g/mol. The van der Waals surface area contributed by atoms with Crippen molar-refractivity contribution in [3.8, 4) is 12.3 Å². The van der Waals surface area contributed by atoms with E-state index in [1.54, 1.807) is 0 Å². The van der Waals surface area contributed by atoms with Crippen molar-refractivity contribution < 1.29 is 0 Å². The lowest BCUT2D eigenvalue weighted by molar-refractivity contribution is 0.629. The van der Waals surface area contributed by atoms with Crippen LogP contribution in [0.3, 0.4) is 0 Å². The second-order valence-electron chi connectivity index (χ2n) is 7.73. The van der Waals surface area contributed by atoms with E-state index in [2.05, 4.69) is 47.2 Å². The van der Waals surface area contributed by atoms with Crippen molar-refractivity contribution in [2.45, 2.75) is 36.5 Å². The average molecular weight is 369 g/mol. The third-order valence-corrected chi connectivity index (χ3v) is 7.39. The summed E-state index contributed by atoms with van der Waals surface area (Å²) in [6.07, 6.45) is 12.9. The molecule has 0 saturated carbocycles. The Labute approximate surface area is 164 Å². The minimum Gasteiger partial charge on any atom is -0.371 e. The van der Waals surface area contributed by atoms with Crippen LogP contribution in [-0.2, 0) is 12.8 Å². The summed E-state index contributed by atoms with van der Waals surface area (Å²) in [5.74, 6) is 3.00. The first-order valence-corrected chi connectivity index (χ1v) is 10.6. The summed E-state index contributed by atoms with van der Waals surface area (Å²) in [5.41, 5.74) is 9.21. The van der Waals surface area contributed by atoms with Crippen LogP contribution in [-0.4, -0.2) is 18.8 Å². The summed E-state index contributed by atoms with van der Waals surface area (Å²) >= 11 is 1.89. The van der Waals surface area contributed by atoms with Crippen molar-refractivity contribution in [3.63, 3.8) is 0 Å². The minimum atomic E-state index is 0.0367. The Kier molecular flexibility index (Phi) is 3.34. The van der Waals surface area contributed by atoms with Gasteiger partial charge in [-0.3, -0.25) is 0 Å². The number of benzene rings is 2. The normalized spacial score (nSPS) is 21.7. The molecule has 0 radical (unpaired) electrons. The Balaban J connectivity index is 1.59. The molecule has 2 aromatic rings. The molecule has 3 aliphatic heterocycles. The van der Waals surface area contributed by atoms with Crippen LogP contribution in [0.25, 0.3) is 0 Å². The van der Waals surface area contributed by atoms with Gasteiger partial charge in [0.25, 0.3) is 0 Å². The highest BCUT2D eigenvalue weighted by molar-refractivity contribution is 8.04. The highest BCUT2D eigenvalue weighted by atomic mass is 32.2. The van der Waals surface area contributed by atoms with Gasteiger partial charge in [0.05, 0.1) is 17.3 Å². The number of rotatable bonds is 0. The number of terminal acetylenes is 1. The SMILES string of the molecule is C#CC1C=C2Sc3c(cc4c5c3CCCN5CCC4)N=C2c2ccccc21. The van der Waals surface area contributed by atoms with Crippen molar-refractivity contribution in [1.82, 2.24) is 0 Å². The van der Waals surface area contributed by atoms with E-state index in [4.69, 9.17) is 11.4 Å². The number of nitrogens with zero attached hydrogens (tertiary/aromatic N) is 2. The number of aryl methyl sites for hydroxylation is 1. The lowest BCUT2D eigenvalue weighted by Crippen LogP contribution is -2.34. The van der Waals surface area contributed by atoms with E-state index in [0.717, 1.165) is 5.71 Å². The maximum atomic E-state index is 5.86. The number of hydrogen-bond donors (Lipinski definition) is 0. The Morgan fingerprint density at radius 3 is 2.89 bits per heavy atom. The van der Waals surface area contributed by atoms with Gasteiger partial charge in [-0.1, -0.05) is 41.9 Å². The van der Waals surface area contributed by atoms with Crippen LogP contribution >= 0.6 is 11.8 Å². The second kappa shape index (κ2) is 5.78. The number of fused-ring (bicyclic) bond motifs is 5. The molecule has 1 aliphatic carbocycles. The van der Waals surface area contributed by atoms with Gasteiger partial charge in [0.15, 0.2) is 0 Å². The fourth-order valence-electron chi connectivity index (χ4n) is 5.01. The summed E-state index contributed by atoms with van der Waals surface area (Å²) in [6, 6.07) is 10.8. The topological polar surface area (TPSA) is 15.6 Å². The van der Waals surface area contributed by atoms with Gasteiger partial charge in [-0.05, 0) is 54.5 Å². The van der Waals surface area contributed by atoms with Crippen LogP contribution < -0.4 is 4.90 Å². The molecule has 3 heteroatoms. The Morgan fingerprint density at radius 1 is 1.15 bits per heavy atom. The van der Waals surface area contributed by atoms with Crippen molar-refractivity contribution in [3.05, 3.63) is 63.6 Å². The van der Waals surface area contributed by atoms with Gasteiger partial charge >= 0.3 is 0 Å². The van der Waals surface area contributed by atoms with E-state index in [-0.39, 0.29) is 5.92 Å². The molecule has 0 amide bonds. The highest BCUT2D eigenvalue weighted by Gasteiger charge is 2.33. The molecular formula is C24H20N2S. The summed E-state index contributed by atoms with van der Waals surface area (Å²) in [5, 5.41) is 0. The predicted octanol–water partition coefficient (Wildman–Crippen LogP) is 5.23. The van der Waals surface area contributed by atoms with E-state index in [9.17, 15) is 0 Å². The zero-order valence-electron chi connectivity index (χ0n) is 15.2. The summed E-state index contributed by atoms with van der Waals surface area (Å²) in [4.78, 5) is 10.4. The largest absolute Gasteiger partial charge is 0.371 e. The Morgan fingerprint density at radius 2 is 2.00 bits per heavy atom. The third kappa shape index (κ3) is 2.20. The third-order valence-electron chi connectivity index (χ3n) is 6.18. The summed E-state index contributed by atoms with van der Waals surface area (Å²) in [6.45, 7) is 2.40. The first-order chi connectivity index (χ1) is 13.3. The van der Waals surface area contributed by atoms with Gasteiger partial charge in [-0.15, -0.1) is 6.42 Å². The predicted molar refractivity (Wildman–Crippen MR) is 113 cm³/mol. The highest BCUT2D eigenvalue weighted by Crippen LogP contribution is 2.52. The average Bonchev–Trinajstić information content (AvgIpc) is 2.72. The molecule has 6 rings (SSSR count). The Hall–Kier alpha value is -2.44. The van der Waals surface area contributed by atoms with Crippen LogP contribution in [0, 0.1) is 12.3 Å². The van der Waals surface area contributed by atoms with Crippen LogP contribution in [0.4, 0.5) is 11.4 Å².